The highest BCUT2D eigenvalue weighted by Gasteiger charge is 2.10. The lowest BCUT2D eigenvalue weighted by atomic mass is 10.1. The summed E-state index contributed by atoms with van der Waals surface area (Å²) in [6.45, 7) is 0. The molecule has 14 heavy (non-hydrogen) atoms. The molecule has 1 aromatic carbocycles. The maximum atomic E-state index is 9.70. The van der Waals surface area contributed by atoms with Crippen molar-refractivity contribution in [1.82, 2.24) is 0 Å². The minimum absolute atomic E-state index is 0.474. The average Bonchev–Trinajstić information content (AvgIpc) is 2.14. The fraction of sp³-hybridized carbons (Fsp3) is 0.273. The number of aliphatic hydroxyl groups excluding tert-OH is 1. The maximum Gasteiger partial charge on any atom is 0.0813 e. The molecule has 0 amide bonds. The van der Waals surface area contributed by atoms with E-state index in [0.29, 0.717) is 28.5 Å². The number of halogens is 2. The van der Waals surface area contributed by atoms with Crippen molar-refractivity contribution in [3.63, 3.8) is 0 Å². The Hall–Kier alpha value is -0.680. The summed E-state index contributed by atoms with van der Waals surface area (Å²) in [6, 6.07) is 5.02. The Kier molecular flexibility index (Phi) is 4.28. The Labute approximate surface area is 93.7 Å². The van der Waals surface area contributed by atoms with Gasteiger partial charge in [-0.05, 0) is 24.1 Å². The number of terminal acetylenes is 1. The summed E-state index contributed by atoms with van der Waals surface area (Å²) in [5.41, 5.74) is 0.673. The molecule has 0 radical (unpaired) electrons. The highest BCUT2D eigenvalue weighted by atomic mass is 35.5. The molecule has 1 atom stereocenters. The smallest absolute Gasteiger partial charge is 0.0813 e. The van der Waals surface area contributed by atoms with Gasteiger partial charge in [0.05, 0.1) is 6.10 Å². The van der Waals surface area contributed by atoms with E-state index in [4.69, 9.17) is 29.6 Å². The molecular weight excluding hydrogens is 219 g/mol. The van der Waals surface area contributed by atoms with Crippen LogP contribution in [0.3, 0.4) is 0 Å². The van der Waals surface area contributed by atoms with Gasteiger partial charge in [0, 0.05) is 16.5 Å². The Morgan fingerprint density at radius 1 is 1.43 bits per heavy atom. The number of benzene rings is 1. The van der Waals surface area contributed by atoms with Crippen molar-refractivity contribution in [2.24, 2.45) is 0 Å². The van der Waals surface area contributed by atoms with Crippen LogP contribution >= 0.6 is 23.2 Å². The number of aliphatic hydroxyl groups is 1. The van der Waals surface area contributed by atoms with Crippen LogP contribution in [0.2, 0.25) is 10.0 Å². The molecule has 0 saturated heterocycles. The minimum Gasteiger partial charge on any atom is -0.388 e. The first-order valence-electron chi connectivity index (χ1n) is 4.21. The van der Waals surface area contributed by atoms with Crippen LogP contribution in [0.5, 0.6) is 0 Å². The third-order valence-electron chi connectivity index (χ3n) is 1.88. The monoisotopic (exact) mass is 228 g/mol. The van der Waals surface area contributed by atoms with Gasteiger partial charge < -0.3 is 5.11 Å². The highest BCUT2D eigenvalue weighted by Crippen LogP contribution is 2.28. The summed E-state index contributed by atoms with van der Waals surface area (Å²) in [5, 5.41) is 10.7. The molecule has 0 saturated carbocycles. The molecule has 3 heteroatoms. The van der Waals surface area contributed by atoms with E-state index in [-0.39, 0.29) is 0 Å². The molecular formula is C11H10Cl2O. The van der Waals surface area contributed by atoms with Crippen LogP contribution in [-0.4, -0.2) is 5.11 Å². The lowest BCUT2D eigenvalue weighted by Gasteiger charge is -2.11. The van der Waals surface area contributed by atoms with Crippen LogP contribution in [0, 0.1) is 12.3 Å². The molecule has 1 rings (SSSR count). The summed E-state index contributed by atoms with van der Waals surface area (Å²) in [7, 11) is 0. The quantitative estimate of drug-likeness (QED) is 0.787. The molecule has 1 aromatic rings. The van der Waals surface area contributed by atoms with Gasteiger partial charge in [-0.15, -0.1) is 12.3 Å². The van der Waals surface area contributed by atoms with Gasteiger partial charge in [-0.2, -0.15) is 0 Å². The second-order valence-corrected chi connectivity index (χ2v) is 3.77. The van der Waals surface area contributed by atoms with Gasteiger partial charge in [-0.3, -0.25) is 0 Å². The topological polar surface area (TPSA) is 20.2 Å². The molecule has 1 nitrogen and oxygen atoms in total. The average molecular weight is 229 g/mol. The van der Waals surface area contributed by atoms with Crippen LogP contribution in [0.25, 0.3) is 0 Å². The third kappa shape index (κ3) is 2.92. The number of hydrogen-bond donors (Lipinski definition) is 1. The van der Waals surface area contributed by atoms with E-state index < -0.39 is 6.10 Å². The Bertz CT molecular complexity index is 355. The zero-order valence-electron chi connectivity index (χ0n) is 7.50. The zero-order chi connectivity index (χ0) is 10.6. The molecule has 0 heterocycles. The van der Waals surface area contributed by atoms with Crippen molar-refractivity contribution >= 4 is 23.2 Å². The first kappa shape index (κ1) is 11.4. The maximum absolute atomic E-state index is 9.70. The van der Waals surface area contributed by atoms with Gasteiger partial charge in [-0.1, -0.05) is 29.3 Å². The third-order valence-corrected chi connectivity index (χ3v) is 2.45. The summed E-state index contributed by atoms with van der Waals surface area (Å²) in [6.07, 6.45) is 5.53. The van der Waals surface area contributed by atoms with Crippen LogP contribution in [-0.2, 0) is 0 Å². The van der Waals surface area contributed by atoms with Crippen molar-refractivity contribution in [3.05, 3.63) is 33.8 Å². The van der Waals surface area contributed by atoms with Gasteiger partial charge in [0.15, 0.2) is 0 Å². The van der Waals surface area contributed by atoms with E-state index in [2.05, 4.69) is 5.92 Å². The zero-order valence-corrected chi connectivity index (χ0v) is 9.02. The molecule has 0 spiro atoms. The molecule has 0 aliphatic heterocycles. The van der Waals surface area contributed by atoms with Crippen molar-refractivity contribution < 1.29 is 5.11 Å². The standard InChI is InChI=1S/C11H10Cl2O/c1-2-3-4-11(14)9-6-5-8(12)7-10(9)13/h1,5-7,11,14H,3-4H2. The fourth-order valence-corrected chi connectivity index (χ4v) is 1.68. The van der Waals surface area contributed by atoms with Crippen LogP contribution in [0.1, 0.15) is 24.5 Å². The Morgan fingerprint density at radius 3 is 2.71 bits per heavy atom. The van der Waals surface area contributed by atoms with Crippen LogP contribution in [0.4, 0.5) is 0 Å². The second kappa shape index (κ2) is 5.26. The van der Waals surface area contributed by atoms with Gasteiger partial charge in [0.25, 0.3) is 0 Å². The first-order chi connectivity index (χ1) is 6.65. The van der Waals surface area contributed by atoms with Gasteiger partial charge >= 0.3 is 0 Å². The van der Waals surface area contributed by atoms with Crippen LogP contribution in [0.15, 0.2) is 18.2 Å². The molecule has 1 unspecified atom stereocenters. The molecule has 0 aliphatic rings. The van der Waals surface area contributed by atoms with Gasteiger partial charge in [-0.25, -0.2) is 0 Å². The molecule has 1 N–H and O–H groups in total. The molecule has 0 bridgehead atoms. The highest BCUT2D eigenvalue weighted by molar-refractivity contribution is 6.35. The van der Waals surface area contributed by atoms with E-state index in [0.717, 1.165) is 0 Å². The van der Waals surface area contributed by atoms with E-state index in [1.54, 1.807) is 18.2 Å². The summed E-state index contributed by atoms with van der Waals surface area (Å²) >= 11 is 11.6. The Morgan fingerprint density at radius 2 is 2.14 bits per heavy atom. The summed E-state index contributed by atoms with van der Waals surface area (Å²) in [5.74, 6) is 2.47. The molecule has 0 aromatic heterocycles. The van der Waals surface area contributed by atoms with Gasteiger partial charge in [0.1, 0.15) is 0 Å². The first-order valence-corrected chi connectivity index (χ1v) is 4.97. The van der Waals surface area contributed by atoms with E-state index in [1.165, 1.54) is 0 Å². The molecule has 0 fully saturated rings. The lowest BCUT2D eigenvalue weighted by Crippen LogP contribution is -1.97. The van der Waals surface area contributed by atoms with Crippen molar-refractivity contribution in [2.75, 3.05) is 0 Å². The Balaban J connectivity index is 2.80. The van der Waals surface area contributed by atoms with E-state index in [9.17, 15) is 5.11 Å². The fourth-order valence-electron chi connectivity index (χ4n) is 1.15. The normalized spacial score (nSPS) is 12.1. The number of rotatable bonds is 3. The van der Waals surface area contributed by atoms with E-state index >= 15 is 0 Å². The summed E-state index contributed by atoms with van der Waals surface area (Å²) < 4.78 is 0. The number of hydrogen-bond acceptors (Lipinski definition) is 1. The predicted molar refractivity (Wildman–Crippen MR) is 59.5 cm³/mol. The molecule has 0 aliphatic carbocycles. The largest absolute Gasteiger partial charge is 0.388 e. The minimum atomic E-state index is -0.615. The lowest BCUT2D eigenvalue weighted by molar-refractivity contribution is 0.169. The van der Waals surface area contributed by atoms with Crippen molar-refractivity contribution in [2.45, 2.75) is 18.9 Å². The SMILES string of the molecule is C#CCCC(O)c1ccc(Cl)cc1Cl. The van der Waals surface area contributed by atoms with Crippen LogP contribution < -0.4 is 0 Å². The predicted octanol–water partition coefficient (Wildman–Crippen LogP) is 3.44. The summed E-state index contributed by atoms with van der Waals surface area (Å²) in [4.78, 5) is 0. The van der Waals surface area contributed by atoms with Crippen molar-refractivity contribution in [3.8, 4) is 12.3 Å². The molecule has 74 valence electrons. The van der Waals surface area contributed by atoms with Crippen molar-refractivity contribution in [1.29, 1.82) is 0 Å². The van der Waals surface area contributed by atoms with E-state index in [1.807, 2.05) is 0 Å². The van der Waals surface area contributed by atoms with Gasteiger partial charge in [0.2, 0.25) is 0 Å². The second-order valence-electron chi connectivity index (χ2n) is 2.92.